The average Bonchev–Trinajstić information content (AvgIpc) is 3.51. The summed E-state index contributed by atoms with van der Waals surface area (Å²) < 4.78 is 5.26. The van der Waals surface area contributed by atoms with Gasteiger partial charge in [-0.2, -0.15) is 0 Å². The molecule has 12 nitrogen and oxygen atoms in total. The van der Waals surface area contributed by atoms with E-state index in [1.807, 2.05) is 42.2 Å². The van der Waals surface area contributed by atoms with Gasteiger partial charge in [-0.3, -0.25) is 14.4 Å². The molecule has 0 unspecified atom stereocenters. The van der Waals surface area contributed by atoms with Crippen LogP contribution in [0, 0.1) is 17.8 Å². The number of hydrogen-bond donors (Lipinski definition) is 2. The van der Waals surface area contributed by atoms with E-state index in [1.54, 1.807) is 22.8 Å². The second-order valence-electron chi connectivity index (χ2n) is 10.9. The Morgan fingerprint density at radius 2 is 1.68 bits per heavy atom. The zero-order valence-electron chi connectivity index (χ0n) is 23.4. The number of carbonyl (C=O) groups excluding carboxylic acids is 3. The summed E-state index contributed by atoms with van der Waals surface area (Å²) >= 11 is 0. The molecule has 3 fully saturated rings. The van der Waals surface area contributed by atoms with E-state index in [0.717, 1.165) is 18.4 Å². The number of nitrogens with one attached hydrogen (secondary N) is 1. The van der Waals surface area contributed by atoms with Crippen LogP contribution in [0.1, 0.15) is 37.2 Å². The number of carboxylic acid groups (broad SMARTS) is 1. The standard InChI is InChI=1S/C29H36N6O6/c1-3-4-14-41-29(40)34-12-10-33(11-13-34)27(37)18(2)30-26(36)22-15-23(32-25(31-22)19-8-6-5-7-9-19)35-16-20-21(17-35)24(20)28(38)39/h5-9,15,18,20-21,24H,3-4,10-14,16-17H2,1-2H3,(H,30,36)(H,38,39)/t18-,20-,21+,24+/m0/s1. The van der Waals surface area contributed by atoms with Crippen LogP contribution in [-0.4, -0.2) is 101 Å². The Hall–Kier alpha value is -4.22. The third-order valence-corrected chi connectivity index (χ3v) is 8.07. The molecular formula is C29H36N6O6. The van der Waals surface area contributed by atoms with Crippen molar-refractivity contribution in [2.24, 2.45) is 17.8 Å². The quantitative estimate of drug-likeness (QED) is 0.437. The van der Waals surface area contributed by atoms with Crippen molar-refractivity contribution in [2.45, 2.75) is 32.7 Å². The Labute approximate surface area is 238 Å². The van der Waals surface area contributed by atoms with Gasteiger partial charge in [-0.05, 0) is 25.2 Å². The Balaban J connectivity index is 1.23. The predicted octanol–water partition coefficient (Wildman–Crippen LogP) is 2.11. The van der Waals surface area contributed by atoms with Crippen LogP contribution in [0.25, 0.3) is 11.4 Å². The first-order valence-electron chi connectivity index (χ1n) is 14.2. The van der Waals surface area contributed by atoms with Gasteiger partial charge in [0.15, 0.2) is 5.82 Å². The van der Waals surface area contributed by atoms with E-state index in [4.69, 9.17) is 9.72 Å². The number of aromatic nitrogens is 2. The van der Waals surface area contributed by atoms with Crippen LogP contribution >= 0.6 is 0 Å². The predicted molar refractivity (Wildman–Crippen MR) is 149 cm³/mol. The van der Waals surface area contributed by atoms with Gasteiger partial charge >= 0.3 is 12.1 Å². The van der Waals surface area contributed by atoms with E-state index >= 15 is 0 Å². The molecule has 1 aromatic heterocycles. The van der Waals surface area contributed by atoms with Gasteiger partial charge < -0.3 is 29.9 Å². The second-order valence-corrected chi connectivity index (χ2v) is 10.9. The SMILES string of the molecule is CCCCOC(=O)N1CCN(C(=O)[C@H](C)NC(=O)c2cc(N3C[C@@H]4[C@H](C3)[C@H]4C(=O)O)nc(-c3ccccc3)n2)CC1. The van der Waals surface area contributed by atoms with Crippen molar-refractivity contribution < 1.29 is 29.0 Å². The summed E-state index contributed by atoms with van der Waals surface area (Å²) in [4.78, 5) is 64.5. The van der Waals surface area contributed by atoms with Crippen molar-refractivity contribution in [1.29, 1.82) is 0 Å². The van der Waals surface area contributed by atoms with E-state index in [2.05, 4.69) is 10.3 Å². The van der Waals surface area contributed by atoms with Gasteiger partial charge in [-0.25, -0.2) is 14.8 Å². The van der Waals surface area contributed by atoms with E-state index in [9.17, 15) is 24.3 Å². The first kappa shape index (κ1) is 28.3. The molecule has 2 saturated heterocycles. The van der Waals surface area contributed by atoms with Crippen molar-refractivity contribution >= 4 is 29.7 Å². The number of piperazine rings is 1. The number of ether oxygens (including phenoxy) is 1. The molecule has 0 spiro atoms. The summed E-state index contributed by atoms with van der Waals surface area (Å²) in [5, 5.41) is 12.2. The van der Waals surface area contributed by atoms with Gasteiger partial charge in [0.25, 0.3) is 5.91 Å². The van der Waals surface area contributed by atoms with Crippen LogP contribution in [0.5, 0.6) is 0 Å². The summed E-state index contributed by atoms with van der Waals surface area (Å²) in [6.45, 7) is 6.60. The number of fused-ring (bicyclic) bond motifs is 1. The highest BCUT2D eigenvalue weighted by Crippen LogP contribution is 2.52. The molecule has 1 aromatic carbocycles. The lowest BCUT2D eigenvalue weighted by molar-refractivity contribution is -0.139. The summed E-state index contributed by atoms with van der Waals surface area (Å²) in [7, 11) is 0. The third-order valence-electron chi connectivity index (χ3n) is 8.07. The average molecular weight is 565 g/mol. The van der Waals surface area contributed by atoms with Crippen LogP contribution in [0.4, 0.5) is 10.6 Å². The molecule has 41 heavy (non-hydrogen) atoms. The maximum absolute atomic E-state index is 13.3. The topological polar surface area (TPSA) is 145 Å². The molecule has 3 amide bonds. The summed E-state index contributed by atoms with van der Waals surface area (Å²) in [6, 6.07) is 10.1. The van der Waals surface area contributed by atoms with Gasteiger partial charge in [0, 0.05) is 50.9 Å². The smallest absolute Gasteiger partial charge is 0.409 e. The number of benzene rings is 1. The molecule has 5 rings (SSSR count). The number of carboxylic acids is 1. The lowest BCUT2D eigenvalue weighted by atomic mass is 10.2. The Bertz CT molecular complexity index is 1290. The minimum absolute atomic E-state index is 0.0798. The summed E-state index contributed by atoms with van der Waals surface area (Å²) in [6.07, 6.45) is 1.39. The number of amides is 3. The zero-order chi connectivity index (χ0) is 29.1. The summed E-state index contributed by atoms with van der Waals surface area (Å²) in [5.74, 6) is -0.727. The normalized spacial score (nSPS) is 22.1. The molecule has 1 aliphatic carbocycles. The van der Waals surface area contributed by atoms with Crippen molar-refractivity contribution in [3.8, 4) is 11.4 Å². The van der Waals surface area contributed by atoms with Crippen LogP contribution in [0.3, 0.4) is 0 Å². The fourth-order valence-corrected chi connectivity index (χ4v) is 5.62. The first-order chi connectivity index (χ1) is 19.8. The van der Waals surface area contributed by atoms with Gasteiger partial charge in [0.05, 0.1) is 12.5 Å². The van der Waals surface area contributed by atoms with Gasteiger partial charge in [0.1, 0.15) is 17.6 Å². The maximum Gasteiger partial charge on any atom is 0.409 e. The first-order valence-corrected chi connectivity index (χ1v) is 14.2. The molecular weight excluding hydrogens is 528 g/mol. The van der Waals surface area contributed by atoms with Crippen molar-refractivity contribution in [2.75, 3.05) is 50.8 Å². The number of nitrogens with zero attached hydrogens (tertiary/aromatic N) is 5. The number of unbranched alkanes of at least 4 members (excludes halogenated alkanes) is 1. The van der Waals surface area contributed by atoms with E-state index < -0.39 is 17.9 Å². The zero-order valence-corrected chi connectivity index (χ0v) is 23.4. The van der Waals surface area contributed by atoms with E-state index in [-0.39, 0.29) is 35.4 Å². The lowest BCUT2D eigenvalue weighted by Crippen LogP contribution is -2.55. The molecule has 0 radical (unpaired) electrons. The highest BCUT2D eigenvalue weighted by molar-refractivity contribution is 5.97. The second kappa shape index (κ2) is 12.1. The molecule has 2 N–H and O–H groups in total. The minimum Gasteiger partial charge on any atom is -0.481 e. The molecule has 2 aromatic rings. The fourth-order valence-electron chi connectivity index (χ4n) is 5.62. The molecule has 218 valence electrons. The van der Waals surface area contributed by atoms with Crippen LogP contribution in [0.15, 0.2) is 36.4 Å². The number of hydrogen-bond acceptors (Lipinski definition) is 8. The van der Waals surface area contributed by atoms with Crippen molar-refractivity contribution in [1.82, 2.24) is 25.1 Å². The van der Waals surface area contributed by atoms with Gasteiger partial charge in [-0.15, -0.1) is 0 Å². The maximum atomic E-state index is 13.3. The molecule has 4 atom stereocenters. The van der Waals surface area contributed by atoms with Crippen molar-refractivity contribution in [3.05, 3.63) is 42.1 Å². The van der Waals surface area contributed by atoms with Crippen LogP contribution in [-0.2, 0) is 14.3 Å². The van der Waals surface area contributed by atoms with Crippen LogP contribution in [0.2, 0.25) is 0 Å². The Kier molecular flexibility index (Phi) is 8.36. The van der Waals surface area contributed by atoms with E-state index in [1.165, 1.54) is 0 Å². The van der Waals surface area contributed by atoms with E-state index in [0.29, 0.717) is 57.5 Å². The molecule has 3 heterocycles. The highest BCUT2D eigenvalue weighted by Gasteiger charge is 2.60. The highest BCUT2D eigenvalue weighted by atomic mass is 16.6. The Morgan fingerprint density at radius 1 is 1.02 bits per heavy atom. The van der Waals surface area contributed by atoms with Crippen molar-refractivity contribution in [3.63, 3.8) is 0 Å². The summed E-state index contributed by atoms with van der Waals surface area (Å²) in [5.41, 5.74) is 0.870. The molecule has 0 bridgehead atoms. The molecule has 2 aliphatic heterocycles. The third kappa shape index (κ3) is 6.26. The monoisotopic (exact) mass is 564 g/mol. The number of piperidine rings is 1. The fraction of sp³-hybridized carbons (Fsp3) is 0.517. The van der Waals surface area contributed by atoms with Crippen LogP contribution < -0.4 is 10.2 Å². The largest absolute Gasteiger partial charge is 0.481 e. The molecule has 3 aliphatic rings. The molecule has 12 heteroatoms. The Morgan fingerprint density at radius 3 is 2.32 bits per heavy atom. The minimum atomic E-state index is -0.806. The lowest BCUT2D eigenvalue weighted by Gasteiger charge is -2.35. The number of aliphatic carboxylic acids is 1. The number of carbonyl (C=O) groups is 4. The van der Waals surface area contributed by atoms with Gasteiger partial charge in [-0.1, -0.05) is 43.7 Å². The number of rotatable bonds is 9. The van der Waals surface area contributed by atoms with Gasteiger partial charge in [0.2, 0.25) is 5.91 Å². The molecule has 1 saturated carbocycles. The number of anilines is 1.